The molecule has 0 saturated heterocycles. The van der Waals surface area contributed by atoms with Crippen LogP contribution in [0.3, 0.4) is 0 Å². The predicted molar refractivity (Wildman–Crippen MR) is 52.6 cm³/mol. The number of carbonyl (C=O) groups excluding carboxylic acids is 1. The van der Waals surface area contributed by atoms with Gasteiger partial charge in [-0.25, -0.2) is 4.68 Å². The van der Waals surface area contributed by atoms with Crippen molar-refractivity contribution < 1.29 is 9.90 Å². The van der Waals surface area contributed by atoms with Gasteiger partial charge in [0.1, 0.15) is 6.54 Å². The molecule has 1 rings (SSSR count). The molecule has 0 aromatic carbocycles. The SMILES string of the molecule is CN(CCO)C(=O)Cn1cc(CN)nn1. The van der Waals surface area contributed by atoms with Gasteiger partial charge in [-0.3, -0.25) is 4.79 Å². The van der Waals surface area contributed by atoms with E-state index in [1.165, 1.54) is 9.58 Å². The lowest BCUT2D eigenvalue weighted by Gasteiger charge is -2.14. The summed E-state index contributed by atoms with van der Waals surface area (Å²) in [7, 11) is 1.62. The maximum absolute atomic E-state index is 11.5. The van der Waals surface area contributed by atoms with Crippen LogP contribution in [0.1, 0.15) is 5.69 Å². The van der Waals surface area contributed by atoms with E-state index in [1.807, 2.05) is 0 Å². The van der Waals surface area contributed by atoms with Crippen LogP contribution in [-0.2, 0) is 17.9 Å². The van der Waals surface area contributed by atoms with Gasteiger partial charge in [-0.1, -0.05) is 5.21 Å². The predicted octanol–water partition coefficient (Wildman–Crippen LogP) is -1.81. The minimum absolute atomic E-state index is 0.0480. The number of amides is 1. The molecule has 84 valence electrons. The van der Waals surface area contributed by atoms with Gasteiger partial charge in [-0.15, -0.1) is 5.10 Å². The Hall–Kier alpha value is -1.47. The summed E-state index contributed by atoms with van der Waals surface area (Å²) in [6.45, 7) is 0.690. The molecule has 1 aromatic heterocycles. The van der Waals surface area contributed by atoms with Gasteiger partial charge in [0.2, 0.25) is 5.91 Å². The molecule has 0 unspecified atom stereocenters. The van der Waals surface area contributed by atoms with Crippen LogP contribution in [0.15, 0.2) is 6.20 Å². The van der Waals surface area contributed by atoms with Crippen LogP contribution < -0.4 is 5.73 Å². The number of nitrogens with two attached hydrogens (primary N) is 1. The monoisotopic (exact) mass is 213 g/mol. The van der Waals surface area contributed by atoms with Crippen LogP contribution in [0.2, 0.25) is 0 Å². The Morgan fingerprint density at radius 2 is 2.47 bits per heavy atom. The van der Waals surface area contributed by atoms with E-state index in [0.717, 1.165) is 0 Å². The van der Waals surface area contributed by atoms with Gasteiger partial charge < -0.3 is 15.7 Å². The Morgan fingerprint density at radius 1 is 1.73 bits per heavy atom. The van der Waals surface area contributed by atoms with Crippen LogP contribution in [-0.4, -0.2) is 51.1 Å². The molecule has 0 aliphatic rings. The summed E-state index contributed by atoms with van der Waals surface area (Å²) < 4.78 is 1.43. The van der Waals surface area contributed by atoms with Crippen molar-refractivity contribution in [1.29, 1.82) is 0 Å². The lowest BCUT2D eigenvalue weighted by Crippen LogP contribution is -2.32. The maximum Gasteiger partial charge on any atom is 0.244 e. The average molecular weight is 213 g/mol. The quantitative estimate of drug-likeness (QED) is 0.600. The fourth-order valence-electron chi connectivity index (χ4n) is 1.04. The zero-order valence-electron chi connectivity index (χ0n) is 8.63. The number of nitrogens with zero attached hydrogens (tertiary/aromatic N) is 4. The van der Waals surface area contributed by atoms with Gasteiger partial charge in [0.05, 0.1) is 18.5 Å². The summed E-state index contributed by atoms with van der Waals surface area (Å²) >= 11 is 0. The third kappa shape index (κ3) is 3.30. The van der Waals surface area contributed by atoms with Crippen LogP contribution in [0.4, 0.5) is 0 Å². The molecule has 0 aliphatic heterocycles. The minimum Gasteiger partial charge on any atom is -0.395 e. The fraction of sp³-hybridized carbons (Fsp3) is 0.625. The molecule has 3 N–H and O–H groups in total. The van der Waals surface area contributed by atoms with E-state index in [2.05, 4.69) is 10.3 Å². The Bertz CT molecular complexity index is 325. The second kappa shape index (κ2) is 5.42. The standard InChI is InChI=1S/C8H15N5O2/c1-12(2-3-14)8(15)6-13-5-7(4-9)10-11-13/h5,14H,2-4,6,9H2,1H3. The summed E-state index contributed by atoms with van der Waals surface area (Å²) in [6.07, 6.45) is 1.63. The third-order valence-electron chi connectivity index (χ3n) is 1.95. The van der Waals surface area contributed by atoms with Gasteiger partial charge in [-0.2, -0.15) is 0 Å². The molecule has 0 bridgehead atoms. The number of rotatable bonds is 5. The van der Waals surface area contributed by atoms with Gasteiger partial charge in [0.15, 0.2) is 0 Å². The Balaban J connectivity index is 2.50. The lowest BCUT2D eigenvalue weighted by molar-refractivity contribution is -0.131. The van der Waals surface area contributed by atoms with Crippen LogP contribution in [0, 0.1) is 0 Å². The van der Waals surface area contributed by atoms with E-state index in [9.17, 15) is 4.79 Å². The number of aliphatic hydroxyl groups excluding tert-OH is 1. The topological polar surface area (TPSA) is 97.3 Å². The van der Waals surface area contributed by atoms with E-state index in [4.69, 9.17) is 10.8 Å². The van der Waals surface area contributed by atoms with E-state index < -0.39 is 0 Å². The molecule has 0 aliphatic carbocycles. The molecule has 7 heteroatoms. The minimum atomic E-state index is -0.127. The first-order valence-electron chi connectivity index (χ1n) is 4.61. The molecule has 1 amide bonds. The van der Waals surface area contributed by atoms with E-state index in [1.54, 1.807) is 13.2 Å². The Morgan fingerprint density at radius 3 is 3.00 bits per heavy atom. The van der Waals surface area contributed by atoms with Gasteiger partial charge in [0, 0.05) is 20.1 Å². The van der Waals surface area contributed by atoms with Crippen molar-refractivity contribution in [3.8, 4) is 0 Å². The molecular weight excluding hydrogens is 198 g/mol. The maximum atomic E-state index is 11.5. The first-order chi connectivity index (χ1) is 7.17. The number of carbonyl (C=O) groups is 1. The molecule has 15 heavy (non-hydrogen) atoms. The summed E-state index contributed by atoms with van der Waals surface area (Å²) in [4.78, 5) is 12.9. The molecule has 0 radical (unpaired) electrons. The summed E-state index contributed by atoms with van der Waals surface area (Å²) in [5, 5.41) is 16.2. The summed E-state index contributed by atoms with van der Waals surface area (Å²) in [5.74, 6) is -0.127. The van der Waals surface area contributed by atoms with Crippen molar-refractivity contribution in [2.24, 2.45) is 5.73 Å². The average Bonchev–Trinajstić information content (AvgIpc) is 2.66. The van der Waals surface area contributed by atoms with Crippen molar-refractivity contribution >= 4 is 5.91 Å². The normalized spacial score (nSPS) is 10.3. The lowest BCUT2D eigenvalue weighted by atomic mass is 10.4. The largest absolute Gasteiger partial charge is 0.395 e. The van der Waals surface area contributed by atoms with Gasteiger partial charge in [0.25, 0.3) is 0 Å². The highest BCUT2D eigenvalue weighted by molar-refractivity contribution is 5.75. The van der Waals surface area contributed by atoms with Gasteiger partial charge >= 0.3 is 0 Å². The smallest absolute Gasteiger partial charge is 0.244 e. The van der Waals surface area contributed by atoms with E-state index in [0.29, 0.717) is 18.8 Å². The molecular formula is C8H15N5O2. The highest BCUT2D eigenvalue weighted by atomic mass is 16.3. The molecule has 1 aromatic rings. The van der Waals surface area contributed by atoms with Crippen molar-refractivity contribution in [3.05, 3.63) is 11.9 Å². The molecule has 0 atom stereocenters. The van der Waals surface area contributed by atoms with E-state index in [-0.39, 0.29) is 19.1 Å². The molecule has 7 nitrogen and oxygen atoms in total. The number of likely N-dealkylation sites (N-methyl/N-ethyl adjacent to an activating group) is 1. The van der Waals surface area contributed by atoms with Crippen LogP contribution in [0.25, 0.3) is 0 Å². The summed E-state index contributed by atoms with van der Waals surface area (Å²) in [5.41, 5.74) is 6.00. The molecule has 0 spiro atoms. The first-order valence-corrected chi connectivity index (χ1v) is 4.61. The second-order valence-corrected chi connectivity index (χ2v) is 3.15. The highest BCUT2D eigenvalue weighted by Gasteiger charge is 2.09. The van der Waals surface area contributed by atoms with Crippen molar-refractivity contribution in [3.63, 3.8) is 0 Å². The molecule has 0 fully saturated rings. The number of aliphatic hydroxyl groups is 1. The first kappa shape index (κ1) is 11.6. The molecule has 0 saturated carbocycles. The third-order valence-corrected chi connectivity index (χ3v) is 1.95. The van der Waals surface area contributed by atoms with Crippen LogP contribution in [0.5, 0.6) is 0 Å². The second-order valence-electron chi connectivity index (χ2n) is 3.15. The van der Waals surface area contributed by atoms with Crippen molar-refractivity contribution in [2.45, 2.75) is 13.1 Å². The van der Waals surface area contributed by atoms with Crippen molar-refractivity contribution in [2.75, 3.05) is 20.2 Å². The van der Waals surface area contributed by atoms with Crippen LogP contribution >= 0.6 is 0 Å². The zero-order chi connectivity index (χ0) is 11.3. The summed E-state index contributed by atoms with van der Waals surface area (Å²) in [6, 6.07) is 0. The number of hydrogen-bond acceptors (Lipinski definition) is 5. The number of aromatic nitrogens is 3. The number of hydrogen-bond donors (Lipinski definition) is 2. The van der Waals surface area contributed by atoms with E-state index >= 15 is 0 Å². The highest BCUT2D eigenvalue weighted by Crippen LogP contribution is 1.93. The van der Waals surface area contributed by atoms with Gasteiger partial charge in [-0.05, 0) is 0 Å². The zero-order valence-corrected chi connectivity index (χ0v) is 8.63. The Kier molecular flexibility index (Phi) is 4.19. The van der Waals surface area contributed by atoms with Crippen molar-refractivity contribution in [1.82, 2.24) is 19.9 Å². The fourth-order valence-corrected chi connectivity index (χ4v) is 1.04. The Labute approximate surface area is 87.5 Å². The molecule has 1 heterocycles.